The Labute approximate surface area is 86.6 Å². The molecule has 1 aliphatic carbocycles. The van der Waals surface area contributed by atoms with Gasteiger partial charge in [-0.3, -0.25) is 4.39 Å². The molecular formula is C11H23FN2. The Morgan fingerprint density at radius 1 is 1.43 bits per heavy atom. The van der Waals surface area contributed by atoms with Gasteiger partial charge in [-0.15, -0.1) is 0 Å². The molecule has 0 amide bonds. The first-order valence-electron chi connectivity index (χ1n) is 5.83. The zero-order valence-corrected chi connectivity index (χ0v) is 9.21. The maximum atomic E-state index is 12.1. The number of halogens is 1. The summed E-state index contributed by atoms with van der Waals surface area (Å²) in [6.07, 6.45) is 4.47. The lowest BCUT2D eigenvalue weighted by Crippen LogP contribution is -2.40. The van der Waals surface area contributed by atoms with E-state index in [9.17, 15) is 4.39 Å². The van der Waals surface area contributed by atoms with E-state index in [0.29, 0.717) is 18.4 Å². The maximum Gasteiger partial charge on any atom is 0.0906 e. The lowest BCUT2D eigenvalue weighted by Gasteiger charge is -2.31. The smallest absolute Gasteiger partial charge is 0.0906 e. The van der Waals surface area contributed by atoms with Crippen molar-refractivity contribution in [2.45, 2.75) is 38.6 Å². The van der Waals surface area contributed by atoms with Gasteiger partial charge in [0.1, 0.15) is 0 Å². The van der Waals surface area contributed by atoms with Gasteiger partial charge in [0.15, 0.2) is 0 Å². The van der Waals surface area contributed by atoms with E-state index in [4.69, 9.17) is 5.73 Å². The summed E-state index contributed by atoms with van der Waals surface area (Å²) in [7, 11) is 0. The van der Waals surface area contributed by atoms with E-state index in [1.54, 1.807) is 0 Å². The first-order valence-corrected chi connectivity index (χ1v) is 5.83. The van der Waals surface area contributed by atoms with Crippen LogP contribution in [0, 0.1) is 5.92 Å². The first-order chi connectivity index (χ1) is 6.83. The SMILES string of the molecule is CCN(CCCF)C1CCCC1CN. The summed E-state index contributed by atoms with van der Waals surface area (Å²) in [6, 6.07) is 0.622. The summed E-state index contributed by atoms with van der Waals surface area (Å²) in [6.45, 7) is 4.67. The topological polar surface area (TPSA) is 29.3 Å². The molecule has 0 bridgehead atoms. The van der Waals surface area contributed by atoms with Crippen molar-refractivity contribution in [2.24, 2.45) is 11.7 Å². The Kier molecular flexibility index (Phi) is 5.41. The molecule has 2 N–H and O–H groups in total. The number of nitrogens with zero attached hydrogens (tertiary/aromatic N) is 1. The van der Waals surface area contributed by atoms with Crippen molar-refractivity contribution < 1.29 is 4.39 Å². The van der Waals surface area contributed by atoms with Crippen LogP contribution >= 0.6 is 0 Å². The fourth-order valence-corrected chi connectivity index (χ4v) is 2.59. The monoisotopic (exact) mass is 202 g/mol. The number of hydrogen-bond donors (Lipinski definition) is 1. The van der Waals surface area contributed by atoms with Crippen LogP contribution in [-0.4, -0.2) is 37.3 Å². The number of hydrogen-bond acceptors (Lipinski definition) is 2. The minimum absolute atomic E-state index is 0.198. The zero-order valence-electron chi connectivity index (χ0n) is 9.21. The standard InChI is InChI=1S/C11H23FN2/c1-2-14(8-4-7-12)11-6-3-5-10(11)9-13/h10-11H,2-9,13H2,1H3. The average Bonchev–Trinajstić information content (AvgIpc) is 2.67. The molecule has 84 valence electrons. The minimum Gasteiger partial charge on any atom is -0.330 e. The average molecular weight is 202 g/mol. The molecule has 0 aliphatic heterocycles. The van der Waals surface area contributed by atoms with Gasteiger partial charge >= 0.3 is 0 Å². The Hall–Kier alpha value is -0.150. The highest BCUT2D eigenvalue weighted by molar-refractivity contribution is 4.85. The highest BCUT2D eigenvalue weighted by Gasteiger charge is 2.29. The van der Waals surface area contributed by atoms with E-state index in [2.05, 4.69) is 11.8 Å². The molecule has 0 aromatic rings. The van der Waals surface area contributed by atoms with Crippen LogP contribution in [0.3, 0.4) is 0 Å². The Bertz CT molecular complexity index is 152. The van der Waals surface area contributed by atoms with Crippen LogP contribution in [0.5, 0.6) is 0 Å². The van der Waals surface area contributed by atoms with Crippen LogP contribution in [0.2, 0.25) is 0 Å². The third kappa shape index (κ3) is 2.92. The molecule has 1 fully saturated rings. The van der Waals surface area contributed by atoms with Crippen LogP contribution in [0.25, 0.3) is 0 Å². The predicted molar refractivity (Wildman–Crippen MR) is 58.0 cm³/mol. The molecule has 0 radical (unpaired) electrons. The van der Waals surface area contributed by atoms with Gasteiger partial charge in [0.05, 0.1) is 6.67 Å². The predicted octanol–water partition coefficient (Wildman–Crippen LogP) is 1.80. The van der Waals surface area contributed by atoms with Crippen LogP contribution in [0.4, 0.5) is 4.39 Å². The van der Waals surface area contributed by atoms with Crippen LogP contribution in [0.1, 0.15) is 32.6 Å². The molecule has 1 rings (SSSR count). The van der Waals surface area contributed by atoms with Crippen molar-refractivity contribution in [1.29, 1.82) is 0 Å². The molecule has 0 heterocycles. The van der Waals surface area contributed by atoms with E-state index in [0.717, 1.165) is 19.6 Å². The summed E-state index contributed by atoms with van der Waals surface area (Å²) in [5.74, 6) is 0.648. The summed E-state index contributed by atoms with van der Waals surface area (Å²) >= 11 is 0. The molecule has 0 saturated heterocycles. The molecule has 0 spiro atoms. The van der Waals surface area contributed by atoms with E-state index in [-0.39, 0.29) is 6.67 Å². The van der Waals surface area contributed by atoms with Crippen molar-refractivity contribution in [1.82, 2.24) is 4.90 Å². The highest BCUT2D eigenvalue weighted by atomic mass is 19.1. The Morgan fingerprint density at radius 2 is 2.21 bits per heavy atom. The van der Waals surface area contributed by atoms with Gasteiger partial charge < -0.3 is 10.6 Å². The third-order valence-corrected chi connectivity index (χ3v) is 3.38. The molecule has 1 saturated carbocycles. The highest BCUT2D eigenvalue weighted by Crippen LogP contribution is 2.29. The van der Waals surface area contributed by atoms with Gasteiger partial charge in [-0.2, -0.15) is 0 Å². The van der Waals surface area contributed by atoms with Gasteiger partial charge in [0, 0.05) is 12.6 Å². The minimum atomic E-state index is -0.198. The van der Waals surface area contributed by atoms with Gasteiger partial charge in [0.2, 0.25) is 0 Å². The van der Waals surface area contributed by atoms with E-state index >= 15 is 0 Å². The van der Waals surface area contributed by atoms with Gasteiger partial charge in [-0.1, -0.05) is 13.3 Å². The largest absolute Gasteiger partial charge is 0.330 e. The molecule has 2 atom stereocenters. The molecule has 0 aromatic heterocycles. The lowest BCUT2D eigenvalue weighted by molar-refractivity contribution is 0.164. The van der Waals surface area contributed by atoms with E-state index < -0.39 is 0 Å². The number of rotatable bonds is 6. The number of alkyl halides is 1. The fourth-order valence-electron chi connectivity index (χ4n) is 2.59. The molecule has 2 unspecified atom stereocenters. The maximum absolute atomic E-state index is 12.1. The summed E-state index contributed by atoms with van der Waals surface area (Å²) in [5.41, 5.74) is 5.74. The summed E-state index contributed by atoms with van der Waals surface area (Å²) in [4.78, 5) is 2.41. The van der Waals surface area contributed by atoms with Crippen molar-refractivity contribution in [3.63, 3.8) is 0 Å². The van der Waals surface area contributed by atoms with E-state index in [1.807, 2.05) is 0 Å². The lowest BCUT2D eigenvalue weighted by atomic mass is 10.0. The van der Waals surface area contributed by atoms with Gasteiger partial charge in [0.25, 0.3) is 0 Å². The normalized spacial score (nSPS) is 27.4. The second-order valence-corrected chi connectivity index (χ2v) is 4.17. The second-order valence-electron chi connectivity index (χ2n) is 4.17. The van der Waals surface area contributed by atoms with E-state index in [1.165, 1.54) is 19.3 Å². The molecule has 14 heavy (non-hydrogen) atoms. The van der Waals surface area contributed by atoms with Gasteiger partial charge in [-0.25, -0.2) is 0 Å². The zero-order chi connectivity index (χ0) is 10.4. The van der Waals surface area contributed by atoms with Gasteiger partial charge in [-0.05, 0) is 38.3 Å². The molecule has 1 aliphatic rings. The molecule has 3 heteroatoms. The second kappa shape index (κ2) is 6.36. The Morgan fingerprint density at radius 3 is 2.79 bits per heavy atom. The van der Waals surface area contributed by atoms with Crippen molar-refractivity contribution >= 4 is 0 Å². The Balaban J connectivity index is 2.41. The van der Waals surface area contributed by atoms with Crippen molar-refractivity contribution in [2.75, 3.05) is 26.3 Å². The van der Waals surface area contributed by atoms with Crippen LogP contribution in [0.15, 0.2) is 0 Å². The summed E-state index contributed by atoms with van der Waals surface area (Å²) < 4.78 is 12.1. The van der Waals surface area contributed by atoms with Crippen LogP contribution in [-0.2, 0) is 0 Å². The van der Waals surface area contributed by atoms with Crippen molar-refractivity contribution in [3.05, 3.63) is 0 Å². The molecule has 0 aromatic carbocycles. The van der Waals surface area contributed by atoms with Crippen molar-refractivity contribution in [3.8, 4) is 0 Å². The quantitative estimate of drug-likeness (QED) is 0.711. The fraction of sp³-hybridized carbons (Fsp3) is 1.00. The third-order valence-electron chi connectivity index (χ3n) is 3.38. The van der Waals surface area contributed by atoms with Crippen LogP contribution < -0.4 is 5.73 Å². The first kappa shape index (κ1) is 11.9. The molecule has 2 nitrogen and oxygen atoms in total. The summed E-state index contributed by atoms with van der Waals surface area (Å²) in [5, 5.41) is 0. The molecular weight excluding hydrogens is 179 g/mol. The number of nitrogens with two attached hydrogens (primary N) is 1.